The summed E-state index contributed by atoms with van der Waals surface area (Å²) in [4.78, 5) is 38.8. The van der Waals surface area contributed by atoms with Gasteiger partial charge < -0.3 is 15.1 Å². The van der Waals surface area contributed by atoms with Crippen molar-refractivity contribution in [3.63, 3.8) is 0 Å². The van der Waals surface area contributed by atoms with Crippen molar-refractivity contribution in [2.75, 3.05) is 6.54 Å². The predicted molar refractivity (Wildman–Crippen MR) is 74.2 cm³/mol. The van der Waals surface area contributed by atoms with Crippen LogP contribution in [0.15, 0.2) is 16.9 Å². The van der Waals surface area contributed by atoms with Crippen LogP contribution in [-0.4, -0.2) is 44.6 Å². The van der Waals surface area contributed by atoms with E-state index in [1.807, 2.05) is 0 Å². The monoisotopic (exact) mass is 294 g/mol. The maximum absolute atomic E-state index is 12.5. The zero-order valence-electron chi connectivity index (χ0n) is 11.9. The second-order valence-electron chi connectivity index (χ2n) is 5.95. The maximum Gasteiger partial charge on any atom is 0.326 e. The molecule has 1 aromatic rings. The molecule has 0 radical (unpaired) electrons. The number of carboxylic acid groups (broad SMARTS) is 1. The second-order valence-corrected chi connectivity index (χ2v) is 5.95. The summed E-state index contributed by atoms with van der Waals surface area (Å²) in [5, 5.41) is 18.8. The Kier molecular flexibility index (Phi) is 3.76. The van der Waals surface area contributed by atoms with E-state index < -0.39 is 34.8 Å². The molecule has 0 bridgehead atoms. The van der Waals surface area contributed by atoms with Crippen LogP contribution < -0.4 is 5.56 Å². The molecule has 7 heteroatoms. The van der Waals surface area contributed by atoms with Crippen LogP contribution in [0.3, 0.4) is 0 Å². The molecule has 114 valence electrons. The zero-order valence-corrected chi connectivity index (χ0v) is 11.9. The fourth-order valence-electron chi connectivity index (χ4n) is 2.90. The van der Waals surface area contributed by atoms with Gasteiger partial charge in [-0.05, 0) is 18.3 Å². The lowest BCUT2D eigenvalue weighted by atomic mass is 9.76. The van der Waals surface area contributed by atoms with Gasteiger partial charge in [0, 0.05) is 18.7 Å². The van der Waals surface area contributed by atoms with Crippen molar-refractivity contribution in [1.29, 1.82) is 0 Å². The van der Waals surface area contributed by atoms with Gasteiger partial charge in [-0.25, -0.2) is 4.79 Å². The Balaban J connectivity index is 2.40. The number of H-pyrrole nitrogens is 1. The van der Waals surface area contributed by atoms with Gasteiger partial charge in [-0.2, -0.15) is 0 Å². The van der Waals surface area contributed by atoms with Gasteiger partial charge in [0.25, 0.3) is 11.5 Å². The molecule has 0 spiro atoms. The Morgan fingerprint density at radius 1 is 1.38 bits per heavy atom. The van der Waals surface area contributed by atoms with Crippen molar-refractivity contribution >= 4 is 11.9 Å². The second kappa shape index (κ2) is 5.23. The molecule has 2 rings (SSSR count). The highest BCUT2D eigenvalue weighted by Crippen LogP contribution is 2.36. The van der Waals surface area contributed by atoms with Crippen molar-refractivity contribution in [1.82, 2.24) is 9.88 Å². The number of carbonyl (C=O) groups excluding carboxylic acids is 1. The van der Waals surface area contributed by atoms with Crippen LogP contribution in [0.4, 0.5) is 0 Å². The minimum absolute atomic E-state index is 0.0137. The van der Waals surface area contributed by atoms with Gasteiger partial charge in [-0.3, -0.25) is 14.6 Å². The van der Waals surface area contributed by atoms with Gasteiger partial charge in [0.15, 0.2) is 5.88 Å². The predicted octanol–water partition coefficient (Wildman–Crippen LogP) is 0.796. The summed E-state index contributed by atoms with van der Waals surface area (Å²) in [7, 11) is 0. The summed E-state index contributed by atoms with van der Waals surface area (Å²) in [6, 6.07) is 1.23. The van der Waals surface area contributed by atoms with E-state index in [1.54, 1.807) is 13.8 Å². The fourth-order valence-corrected chi connectivity index (χ4v) is 2.90. The summed E-state index contributed by atoms with van der Waals surface area (Å²) in [5.41, 5.74) is -1.18. The van der Waals surface area contributed by atoms with E-state index in [-0.39, 0.29) is 5.56 Å². The Morgan fingerprint density at radius 2 is 2.05 bits per heavy atom. The largest absolute Gasteiger partial charge is 0.494 e. The third kappa shape index (κ3) is 2.91. The van der Waals surface area contributed by atoms with Crippen molar-refractivity contribution in [2.24, 2.45) is 5.41 Å². The first kappa shape index (κ1) is 15.1. The molecule has 1 aromatic heterocycles. The lowest BCUT2D eigenvalue weighted by molar-refractivity contribution is -0.148. The quantitative estimate of drug-likeness (QED) is 0.747. The maximum atomic E-state index is 12.5. The van der Waals surface area contributed by atoms with E-state index in [4.69, 9.17) is 0 Å². The molecule has 1 fully saturated rings. The van der Waals surface area contributed by atoms with Gasteiger partial charge in [0.05, 0.1) is 5.56 Å². The lowest BCUT2D eigenvalue weighted by Gasteiger charge is -2.44. The Labute approximate surface area is 121 Å². The number of aliphatic carboxylic acids is 1. The van der Waals surface area contributed by atoms with Crippen molar-refractivity contribution < 1.29 is 19.8 Å². The lowest BCUT2D eigenvalue weighted by Crippen LogP contribution is -2.56. The summed E-state index contributed by atoms with van der Waals surface area (Å²) in [5.74, 6) is -2.05. The summed E-state index contributed by atoms with van der Waals surface area (Å²) in [6.45, 7) is 3.92. The smallest absolute Gasteiger partial charge is 0.326 e. The first-order chi connectivity index (χ1) is 9.72. The summed E-state index contributed by atoms with van der Waals surface area (Å²) >= 11 is 0. The molecule has 0 aliphatic carbocycles. The molecule has 7 nitrogen and oxygen atoms in total. The normalized spacial score (nSPS) is 21.0. The summed E-state index contributed by atoms with van der Waals surface area (Å²) < 4.78 is 0. The number of aromatic amines is 1. The third-order valence-electron chi connectivity index (χ3n) is 3.84. The van der Waals surface area contributed by atoms with E-state index in [0.29, 0.717) is 19.4 Å². The average molecular weight is 294 g/mol. The van der Waals surface area contributed by atoms with Gasteiger partial charge in [0.2, 0.25) is 0 Å². The molecular formula is C14H18N2O5. The SMILES string of the molecule is CC1(C)CCCN(C(=O)c2cc(O)[nH]c(=O)c2)C1C(=O)O. The molecule has 1 amide bonds. The van der Waals surface area contributed by atoms with Crippen molar-refractivity contribution in [3.05, 3.63) is 28.0 Å². The van der Waals surface area contributed by atoms with E-state index in [9.17, 15) is 24.6 Å². The number of piperidine rings is 1. The molecule has 1 aliphatic rings. The number of amides is 1. The standard InChI is InChI=1S/C14H18N2O5/c1-14(2)4-3-5-16(11(14)13(20)21)12(19)8-6-9(17)15-10(18)7-8/h6-7,11H,3-5H2,1-2H3,(H,20,21)(H2,15,17,18). The molecule has 1 unspecified atom stereocenters. The number of carbonyl (C=O) groups is 2. The molecule has 1 atom stereocenters. The number of nitrogens with zero attached hydrogens (tertiary/aromatic N) is 1. The zero-order chi connectivity index (χ0) is 15.8. The number of aromatic nitrogens is 1. The van der Waals surface area contributed by atoms with E-state index >= 15 is 0 Å². The summed E-state index contributed by atoms with van der Waals surface area (Å²) in [6.07, 6.45) is 1.39. The van der Waals surface area contributed by atoms with E-state index in [2.05, 4.69) is 4.98 Å². The topological polar surface area (TPSA) is 111 Å². The highest BCUT2D eigenvalue weighted by Gasteiger charge is 2.44. The average Bonchev–Trinajstić information content (AvgIpc) is 2.34. The molecule has 1 saturated heterocycles. The minimum atomic E-state index is -1.07. The number of pyridine rings is 1. The number of hydrogen-bond donors (Lipinski definition) is 3. The molecule has 1 aliphatic heterocycles. The number of carboxylic acids is 1. The number of nitrogens with one attached hydrogen (secondary N) is 1. The molecule has 21 heavy (non-hydrogen) atoms. The number of rotatable bonds is 2. The van der Waals surface area contributed by atoms with Crippen LogP contribution in [0, 0.1) is 5.41 Å². The highest BCUT2D eigenvalue weighted by atomic mass is 16.4. The van der Waals surface area contributed by atoms with Crippen LogP contribution in [0.25, 0.3) is 0 Å². The van der Waals surface area contributed by atoms with Crippen molar-refractivity contribution in [2.45, 2.75) is 32.7 Å². The highest BCUT2D eigenvalue weighted by molar-refractivity contribution is 5.97. The van der Waals surface area contributed by atoms with Crippen LogP contribution >= 0.6 is 0 Å². The molecule has 2 heterocycles. The van der Waals surface area contributed by atoms with E-state index in [1.165, 1.54) is 4.90 Å². The van der Waals surface area contributed by atoms with Gasteiger partial charge in [0.1, 0.15) is 6.04 Å². The van der Waals surface area contributed by atoms with Crippen LogP contribution in [-0.2, 0) is 4.79 Å². The van der Waals surface area contributed by atoms with Gasteiger partial charge in [-0.15, -0.1) is 0 Å². The first-order valence-electron chi connectivity index (χ1n) is 6.69. The minimum Gasteiger partial charge on any atom is -0.494 e. The van der Waals surface area contributed by atoms with Crippen molar-refractivity contribution in [3.8, 4) is 5.88 Å². The number of hydrogen-bond acceptors (Lipinski definition) is 4. The van der Waals surface area contributed by atoms with Crippen LogP contribution in [0.1, 0.15) is 37.0 Å². The number of likely N-dealkylation sites (tertiary alicyclic amines) is 1. The van der Waals surface area contributed by atoms with Gasteiger partial charge >= 0.3 is 5.97 Å². The molecule has 0 saturated carbocycles. The Bertz CT molecular complexity index is 634. The Hall–Kier alpha value is -2.31. The van der Waals surface area contributed by atoms with Crippen LogP contribution in [0.5, 0.6) is 5.88 Å². The third-order valence-corrected chi connectivity index (χ3v) is 3.84. The van der Waals surface area contributed by atoms with E-state index in [0.717, 1.165) is 12.1 Å². The molecule has 0 aromatic carbocycles. The fraction of sp³-hybridized carbons (Fsp3) is 0.500. The van der Waals surface area contributed by atoms with Crippen LogP contribution in [0.2, 0.25) is 0 Å². The Morgan fingerprint density at radius 3 is 2.62 bits per heavy atom. The van der Waals surface area contributed by atoms with Gasteiger partial charge in [-0.1, -0.05) is 13.8 Å². The molecule has 3 N–H and O–H groups in total. The first-order valence-corrected chi connectivity index (χ1v) is 6.69. The number of aromatic hydroxyl groups is 1. The molecular weight excluding hydrogens is 276 g/mol.